The maximum absolute atomic E-state index is 13.6. The van der Waals surface area contributed by atoms with E-state index in [2.05, 4.69) is 0 Å². The van der Waals surface area contributed by atoms with E-state index in [1.54, 1.807) is 46.5 Å². The number of carbonyl (C=O) groups excluding carboxylic acids is 1. The lowest BCUT2D eigenvalue weighted by molar-refractivity contribution is -0.384. The van der Waals surface area contributed by atoms with E-state index in [1.165, 1.54) is 6.07 Å². The molecule has 2 aliphatic rings. The predicted molar refractivity (Wildman–Crippen MR) is 113 cm³/mol. The molecule has 2 aromatic carbocycles. The standard InChI is InChI=1S/C21H19Cl2N3O3/c22-16-5-3-15(4-6-16)14-24-11-12-25(21(20(24)27)9-1-2-10-21)18-8-7-17(23)13-19(18)26(28)29/h3-8,11-13H,1-2,9-10,14H2. The molecule has 4 rings (SSSR count). The van der Waals surface area contributed by atoms with Gasteiger partial charge >= 0.3 is 0 Å². The molecule has 1 spiro atoms. The van der Waals surface area contributed by atoms with Crippen molar-refractivity contribution in [3.05, 3.63) is 80.6 Å². The van der Waals surface area contributed by atoms with E-state index in [0.29, 0.717) is 30.1 Å². The molecule has 150 valence electrons. The number of anilines is 1. The van der Waals surface area contributed by atoms with Crippen LogP contribution >= 0.6 is 23.2 Å². The molecule has 1 amide bonds. The van der Waals surface area contributed by atoms with Gasteiger partial charge in [0.15, 0.2) is 0 Å². The minimum absolute atomic E-state index is 0.0447. The molecule has 0 aromatic heterocycles. The Morgan fingerprint density at radius 1 is 1.00 bits per heavy atom. The monoisotopic (exact) mass is 431 g/mol. The van der Waals surface area contributed by atoms with Crippen LogP contribution in [0.3, 0.4) is 0 Å². The third-order valence-corrected chi connectivity index (χ3v) is 6.09. The molecular formula is C21H19Cl2N3O3. The van der Waals surface area contributed by atoms with Crippen LogP contribution in [0.2, 0.25) is 10.0 Å². The Morgan fingerprint density at radius 2 is 1.66 bits per heavy atom. The summed E-state index contributed by atoms with van der Waals surface area (Å²) in [5.41, 5.74) is 0.427. The van der Waals surface area contributed by atoms with E-state index in [1.807, 2.05) is 12.1 Å². The first-order valence-corrected chi connectivity index (χ1v) is 10.1. The summed E-state index contributed by atoms with van der Waals surface area (Å²) in [5.74, 6) is -0.0447. The summed E-state index contributed by atoms with van der Waals surface area (Å²) in [6.07, 6.45) is 6.55. The Balaban J connectivity index is 1.73. The molecule has 1 aliphatic carbocycles. The van der Waals surface area contributed by atoms with E-state index in [4.69, 9.17) is 23.2 Å². The molecule has 8 heteroatoms. The summed E-state index contributed by atoms with van der Waals surface area (Å²) >= 11 is 11.9. The van der Waals surface area contributed by atoms with Crippen LogP contribution in [0.25, 0.3) is 0 Å². The van der Waals surface area contributed by atoms with Crippen molar-refractivity contribution in [3.8, 4) is 0 Å². The molecule has 1 aliphatic heterocycles. The number of halogens is 2. The van der Waals surface area contributed by atoms with Crippen LogP contribution in [0.4, 0.5) is 11.4 Å². The first-order chi connectivity index (χ1) is 13.9. The Morgan fingerprint density at radius 3 is 2.31 bits per heavy atom. The molecule has 0 radical (unpaired) electrons. The number of benzene rings is 2. The number of hydrogen-bond donors (Lipinski definition) is 0. The van der Waals surface area contributed by atoms with E-state index in [0.717, 1.165) is 18.4 Å². The third-order valence-electron chi connectivity index (χ3n) is 5.61. The summed E-state index contributed by atoms with van der Waals surface area (Å²) in [5, 5.41) is 12.6. The van der Waals surface area contributed by atoms with Crippen molar-refractivity contribution in [1.82, 2.24) is 4.90 Å². The van der Waals surface area contributed by atoms with Crippen molar-refractivity contribution in [2.45, 2.75) is 37.8 Å². The molecule has 1 heterocycles. The fourth-order valence-electron chi connectivity index (χ4n) is 4.21. The minimum atomic E-state index is -0.820. The number of carbonyl (C=O) groups is 1. The van der Waals surface area contributed by atoms with E-state index in [-0.39, 0.29) is 16.6 Å². The van der Waals surface area contributed by atoms with Gasteiger partial charge in [-0.2, -0.15) is 0 Å². The normalized spacial score (nSPS) is 17.9. The van der Waals surface area contributed by atoms with Gasteiger partial charge in [0.05, 0.1) is 11.5 Å². The number of nitro groups is 1. The zero-order valence-corrected chi connectivity index (χ0v) is 17.1. The number of rotatable bonds is 4. The predicted octanol–water partition coefficient (Wildman–Crippen LogP) is 5.53. The lowest BCUT2D eigenvalue weighted by atomic mass is 9.90. The van der Waals surface area contributed by atoms with Gasteiger partial charge in [-0.25, -0.2) is 0 Å². The van der Waals surface area contributed by atoms with Gasteiger partial charge in [0.25, 0.3) is 11.6 Å². The number of nitro benzene ring substituents is 1. The molecule has 0 saturated heterocycles. The zero-order chi connectivity index (χ0) is 20.6. The second-order valence-corrected chi connectivity index (χ2v) is 8.23. The summed E-state index contributed by atoms with van der Waals surface area (Å²) in [6.45, 7) is 0.421. The highest BCUT2D eigenvalue weighted by Gasteiger charge is 2.50. The van der Waals surface area contributed by atoms with Crippen molar-refractivity contribution in [1.29, 1.82) is 0 Å². The van der Waals surface area contributed by atoms with Gasteiger partial charge < -0.3 is 9.80 Å². The summed E-state index contributed by atoms with van der Waals surface area (Å²) in [6, 6.07) is 11.9. The van der Waals surface area contributed by atoms with Crippen LogP contribution in [0, 0.1) is 10.1 Å². The Hall–Kier alpha value is -2.57. The lowest BCUT2D eigenvalue weighted by Gasteiger charge is -2.44. The van der Waals surface area contributed by atoms with Crippen LogP contribution in [0.1, 0.15) is 31.2 Å². The molecule has 0 unspecified atom stereocenters. The van der Waals surface area contributed by atoms with E-state index >= 15 is 0 Å². The van der Waals surface area contributed by atoms with Crippen LogP contribution < -0.4 is 4.90 Å². The fourth-order valence-corrected chi connectivity index (χ4v) is 4.50. The zero-order valence-electron chi connectivity index (χ0n) is 15.6. The van der Waals surface area contributed by atoms with Crippen molar-refractivity contribution >= 4 is 40.5 Å². The van der Waals surface area contributed by atoms with Gasteiger partial charge in [-0.15, -0.1) is 0 Å². The maximum atomic E-state index is 13.6. The van der Waals surface area contributed by atoms with Gasteiger partial charge in [0.1, 0.15) is 11.2 Å². The van der Waals surface area contributed by atoms with Crippen molar-refractivity contribution in [3.63, 3.8) is 0 Å². The molecule has 1 saturated carbocycles. The molecule has 29 heavy (non-hydrogen) atoms. The first kappa shape index (κ1) is 19.7. The Kier molecular flexibility index (Phi) is 5.23. The molecule has 2 aromatic rings. The van der Waals surface area contributed by atoms with Gasteiger partial charge in [-0.05, 0) is 42.7 Å². The lowest BCUT2D eigenvalue weighted by Crippen LogP contribution is -2.58. The Bertz CT molecular complexity index is 985. The molecule has 6 nitrogen and oxygen atoms in total. The fraction of sp³-hybridized carbons (Fsp3) is 0.286. The van der Waals surface area contributed by atoms with Gasteiger partial charge in [0, 0.05) is 28.5 Å². The molecule has 0 atom stereocenters. The minimum Gasteiger partial charge on any atom is -0.326 e. The summed E-state index contributed by atoms with van der Waals surface area (Å²) in [4.78, 5) is 28.2. The topological polar surface area (TPSA) is 66.7 Å². The second-order valence-electron chi connectivity index (χ2n) is 7.36. The quantitative estimate of drug-likeness (QED) is 0.470. The average Bonchev–Trinajstić information content (AvgIpc) is 3.18. The van der Waals surface area contributed by atoms with Crippen molar-refractivity contribution in [2.24, 2.45) is 0 Å². The third kappa shape index (κ3) is 3.58. The van der Waals surface area contributed by atoms with Gasteiger partial charge in [0.2, 0.25) is 0 Å². The van der Waals surface area contributed by atoms with Crippen LogP contribution in [0.5, 0.6) is 0 Å². The highest BCUT2D eigenvalue weighted by atomic mass is 35.5. The average molecular weight is 432 g/mol. The smallest absolute Gasteiger partial charge is 0.294 e. The molecule has 1 fully saturated rings. The first-order valence-electron chi connectivity index (χ1n) is 9.38. The number of nitrogens with zero attached hydrogens (tertiary/aromatic N) is 3. The van der Waals surface area contributed by atoms with E-state index in [9.17, 15) is 14.9 Å². The van der Waals surface area contributed by atoms with Crippen LogP contribution in [0.15, 0.2) is 54.9 Å². The highest BCUT2D eigenvalue weighted by molar-refractivity contribution is 6.31. The van der Waals surface area contributed by atoms with Crippen molar-refractivity contribution < 1.29 is 9.72 Å². The maximum Gasteiger partial charge on any atom is 0.294 e. The Labute approximate surface area is 178 Å². The summed E-state index contributed by atoms with van der Waals surface area (Å²) in [7, 11) is 0. The van der Waals surface area contributed by atoms with E-state index < -0.39 is 10.5 Å². The molecular weight excluding hydrogens is 413 g/mol. The van der Waals surface area contributed by atoms with Gasteiger partial charge in [-0.3, -0.25) is 14.9 Å². The van der Waals surface area contributed by atoms with Crippen LogP contribution in [-0.4, -0.2) is 21.3 Å². The molecule has 0 bridgehead atoms. The van der Waals surface area contributed by atoms with Crippen LogP contribution in [-0.2, 0) is 11.3 Å². The second kappa shape index (κ2) is 7.69. The summed E-state index contributed by atoms with van der Waals surface area (Å²) < 4.78 is 0. The highest BCUT2D eigenvalue weighted by Crippen LogP contribution is 2.45. The SMILES string of the molecule is O=C1N(Cc2ccc(Cl)cc2)C=CN(c2ccc(Cl)cc2[N+](=O)[O-])C12CCCC2. The largest absolute Gasteiger partial charge is 0.326 e. The number of amides is 1. The van der Waals surface area contributed by atoms with Crippen molar-refractivity contribution in [2.75, 3.05) is 4.90 Å². The van der Waals surface area contributed by atoms with Gasteiger partial charge in [-0.1, -0.05) is 48.2 Å². The number of hydrogen-bond acceptors (Lipinski definition) is 4. The molecule has 0 N–H and O–H groups in total.